The smallest absolute Gasteiger partial charge is 0.00387 e. The highest BCUT2D eigenvalue weighted by Crippen LogP contribution is 2.32. The molecule has 1 atom stereocenters. The third-order valence-electron chi connectivity index (χ3n) is 5.81. The summed E-state index contributed by atoms with van der Waals surface area (Å²) in [6.45, 7) is 15.6. The average molecular weight is 312 g/mol. The van der Waals surface area contributed by atoms with Gasteiger partial charge in [0.2, 0.25) is 0 Å². The third kappa shape index (κ3) is 9.18. The van der Waals surface area contributed by atoms with Crippen LogP contribution in [0.2, 0.25) is 0 Å². The first-order valence-electron chi connectivity index (χ1n) is 10.2. The van der Waals surface area contributed by atoms with Crippen LogP contribution in [0.3, 0.4) is 0 Å². The van der Waals surface area contributed by atoms with Gasteiger partial charge in [-0.25, -0.2) is 0 Å². The van der Waals surface area contributed by atoms with Crippen molar-refractivity contribution in [3.05, 3.63) is 0 Å². The minimum atomic E-state index is 0.424. The average Bonchev–Trinajstić information content (AvgIpc) is 2.51. The minimum Gasteiger partial charge on any atom is -0.328 e. The molecule has 0 aromatic carbocycles. The monoisotopic (exact) mass is 311 g/mol. The summed E-state index contributed by atoms with van der Waals surface area (Å²) in [6.07, 6.45) is 11.4. The van der Waals surface area contributed by atoms with Crippen LogP contribution in [-0.2, 0) is 0 Å². The Morgan fingerprint density at radius 3 is 1.23 bits per heavy atom. The van der Waals surface area contributed by atoms with E-state index in [4.69, 9.17) is 5.73 Å². The Morgan fingerprint density at radius 2 is 0.955 bits per heavy atom. The van der Waals surface area contributed by atoms with Gasteiger partial charge in [-0.3, -0.25) is 0 Å². The van der Waals surface area contributed by atoms with Crippen LogP contribution < -0.4 is 5.73 Å². The normalized spacial score (nSPS) is 33.1. The summed E-state index contributed by atoms with van der Waals surface area (Å²) in [7, 11) is 0. The van der Waals surface area contributed by atoms with Crippen molar-refractivity contribution in [2.45, 2.75) is 106 Å². The standard InChI is InChI=1S/C10H20.C9H19N.C2H6/c1-8(2)10-6-4-9(3)5-7-10;1-7-3-5-9(6-4-7)8(2)10;1-2/h8-10H,4-7H2,1-3H3;7-9H,3-6,10H2,1-2H3;1-2H3. The summed E-state index contributed by atoms with van der Waals surface area (Å²) in [5.41, 5.74) is 5.81. The van der Waals surface area contributed by atoms with E-state index < -0.39 is 0 Å². The molecule has 0 saturated heterocycles. The zero-order chi connectivity index (χ0) is 17.1. The highest BCUT2D eigenvalue weighted by Gasteiger charge is 2.21. The van der Waals surface area contributed by atoms with Gasteiger partial charge in [0.15, 0.2) is 0 Å². The van der Waals surface area contributed by atoms with Gasteiger partial charge in [0.05, 0.1) is 0 Å². The van der Waals surface area contributed by atoms with Crippen LogP contribution >= 0.6 is 0 Å². The fraction of sp³-hybridized carbons (Fsp3) is 1.00. The molecule has 2 aliphatic rings. The van der Waals surface area contributed by atoms with E-state index in [2.05, 4.69) is 34.6 Å². The highest BCUT2D eigenvalue weighted by molar-refractivity contribution is 4.75. The molecule has 2 saturated carbocycles. The van der Waals surface area contributed by atoms with Gasteiger partial charge in [0, 0.05) is 6.04 Å². The molecule has 1 unspecified atom stereocenters. The van der Waals surface area contributed by atoms with Crippen LogP contribution in [0.4, 0.5) is 0 Å². The number of nitrogens with two attached hydrogens (primary N) is 1. The molecule has 0 aromatic heterocycles. The van der Waals surface area contributed by atoms with Crippen molar-refractivity contribution in [1.29, 1.82) is 0 Å². The molecule has 22 heavy (non-hydrogen) atoms. The summed E-state index contributed by atoms with van der Waals surface area (Å²) in [6, 6.07) is 0.424. The summed E-state index contributed by atoms with van der Waals surface area (Å²) in [5.74, 6) is 4.74. The lowest BCUT2D eigenvalue weighted by molar-refractivity contribution is 0.234. The lowest BCUT2D eigenvalue weighted by atomic mass is 9.78. The van der Waals surface area contributed by atoms with E-state index in [1.54, 1.807) is 0 Å². The van der Waals surface area contributed by atoms with Crippen LogP contribution in [0, 0.1) is 29.6 Å². The first-order valence-corrected chi connectivity index (χ1v) is 10.2. The number of rotatable bonds is 2. The molecule has 2 fully saturated rings. The third-order valence-corrected chi connectivity index (χ3v) is 5.81. The Hall–Kier alpha value is -0.0400. The zero-order valence-corrected chi connectivity index (χ0v) is 16.7. The summed E-state index contributed by atoms with van der Waals surface area (Å²) in [5, 5.41) is 0. The largest absolute Gasteiger partial charge is 0.328 e. The lowest BCUT2D eigenvalue weighted by Gasteiger charge is -2.28. The van der Waals surface area contributed by atoms with Crippen LogP contribution in [0.15, 0.2) is 0 Å². The van der Waals surface area contributed by atoms with Crippen LogP contribution in [0.1, 0.15) is 99.8 Å². The fourth-order valence-electron chi connectivity index (χ4n) is 3.76. The topological polar surface area (TPSA) is 26.0 Å². The van der Waals surface area contributed by atoms with Crippen molar-refractivity contribution in [3.8, 4) is 0 Å². The molecule has 0 aromatic rings. The second-order valence-corrected chi connectivity index (χ2v) is 8.14. The Labute approximate surface area is 141 Å². The SMILES string of the molecule is CC.CC1CCC(C(C)C)CC1.CC1CCC(C(C)N)CC1. The van der Waals surface area contributed by atoms with E-state index in [9.17, 15) is 0 Å². The van der Waals surface area contributed by atoms with Crippen molar-refractivity contribution in [3.63, 3.8) is 0 Å². The Balaban J connectivity index is 0.000000360. The molecule has 1 heteroatoms. The number of hydrogen-bond donors (Lipinski definition) is 1. The van der Waals surface area contributed by atoms with E-state index in [0.717, 1.165) is 29.6 Å². The summed E-state index contributed by atoms with van der Waals surface area (Å²) < 4.78 is 0. The van der Waals surface area contributed by atoms with Crippen molar-refractivity contribution >= 4 is 0 Å². The molecule has 1 nitrogen and oxygen atoms in total. The van der Waals surface area contributed by atoms with Crippen molar-refractivity contribution in [2.75, 3.05) is 0 Å². The van der Waals surface area contributed by atoms with Gasteiger partial charge >= 0.3 is 0 Å². The van der Waals surface area contributed by atoms with Crippen LogP contribution in [0.25, 0.3) is 0 Å². The van der Waals surface area contributed by atoms with Crippen molar-refractivity contribution in [2.24, 2.45) is 35.3 Å². The van der Waals surface area contributed by atoms with E-state index in [0.29, 0.717) is 6.04 Å². The van der Waals surface area contributed by atoms with Gasteiger partial charge in [-0.1, -0.05) is 67.2 Å². The van der Waals surface area contributed by atoms with Gasteiger partial charge in [0.25, 0.3) is 0 Å². The Bertz CT molecular complexity index is 204. The van der Waals surface area contributed by atoms with E-state index >= 15 is 0 Å². The maximum absolute atomic E-state index is 5.81. The molecule has 0 bridgehead atoms. The predicted molar refractivity (Wildman–Crippen MR) is 102 cm³/mol. The van der Waals surface area contributed by atoms with Crippen molar-refractivity contribution < 1.29 is 0 Å². The molecule has 0 amide bonds. The number of hydrogen-bond acceptors (Lipinski definition) is 1. The Morgan fingerprint density at radius 1 is 0.636 bits per heavy atom. The van der Waals surface area contributed by atoms with Gasteiger partial charge < -0.3 is 5.73 Å². The first-order chi connectivity index (χ1) is 10.4. The molecular weight excluding hydrogens is 266 g/mol. The van der Waals surface area contributed by atoms with Gasteiger partial charge in [-0.15, -0.1) is 0 Å². The predicted octanol–water partition coefficient (Wildman–Crippen LogP) is 6.65. The first kappa shape index (κ1) is 22.0. The quantitative estimate of drug-likeness (QED) is 0.606. The summed E-state index contributed by atoms with van der Waals surface area (Å²) >= 11 is 0. The molecule has 0 heterocycles. The second-order valence-electron chi connectivity index (χ2n) is 8.14. The minimum absolute atomic E-state index is 0.424. The molecule has 134 valence electrons. The van der Waals surface area contributed by atoms with Crippen LogP contribution in [0.5, 0.6) is 0 Å². The maximum Gasteiger partial charge on any atom is 0.00387 e. The van der Waals surface area contributed by atoms with Gasteiger partial charge in [0.1, 0.15) is 0 Å². The molecule has 0 spiro atoms. The Kier molecular flexibility index (Phi) is 12.4. The van der Waals surface area contributed by atoms with E-state index in [1.807, 2.05) is 13.8 Å². The molecule has 0 radical (unpaired) electrons. The molecule has 2 N–H and O–H groups in total. The lowest BCUT2D eigenvalue weighted by Crippen LogP contribution is -2.29. The molecule has 0 aliphatic heterocycles. The highest BCUT2D eigenvalue weighted by atomic mass is 14.6. The van der Waals surface area contributed by atoms with Crippen molar-refractivity contribution in [1.82, 2.24) is 0 Å². The van der Waals surface area contributed by atoms with E-state index in [1.165, 1.54) is 51.4 Å². The molecule has 2 aliphatic carbocycles. The van der Waals surface area contributed by atoms with Gasteiger partial charge in [-0.2, -0.15) is 0 Å². The van der Waals surface area contributed by atoms with E-state index in [-0.39, 0.29) is 0 Å². The second kappa shape index (κ2) is 12.4. The molecule has 2 rings (SSSR count). The van der Waals surface area contributed by atoms with Gasteiger partial charge in [-0.05, 0) is 62.2 Å². The molecular formula is C21H45N. The summed E-state index contributed by atoms with van der Waals surface area (Å²) in [4.78, 5) is 0. The fourth-order valence-corrected chi connectivity index (χ4v) is 3.76. The zero-order valence-electron chi connectivity index (χ0n) is 16.7. The van der Waals surface area contributed by atoms with Crippen LogP contribution in [-0.4, -0.2) is 6.04 Å². The maximum atomic E-state index is 5.81.